The number of phenolic OH excluding ortho intramolecular Hbond substituents is 1. The minimum Gasteiger partial charge on any atom is -0.508 e. The molecule has 6 heteroatoms. The summed E-state index contributed by atoms with van der Waals surface area (Å²) in [6, 6.07) is 4.79. The molecule has 2 N–H and O–H groups in total. The highest BCUT2D eigenvalue weighted by molar-refractivity contribution is 6.02. The number of ether oxygens (including phenoxy) is 2. The van der Waals surface area contributed by atoms with Gasteiger partial charge in [-0.1, -0.05) is 6.07 Å². The lowest BCUT2D eigenvalue weighted by molar-refractivity contribution is -0.167. The molecule has 0 saturated heterocycles. The van der Waals surface area contributed by atoms with Crippen molar-refractivity contribution in [1.29, 1.82) is 0 Å². The Morgan fingerprint density at radius 2 is 1.48 bits per heavy atom. The average molecular weight is 323 g/mol. The Kier molecular flexibility index (Phi) is 5.64. The number of benzene rings is 1. The molecule has 0 atom stereocenters. The van der Waals surface area contributed by atoms with E-state index in [0.717, 1.165) is 0 Å². The van der Waals surface area contributed by atoms with Gasteiger partial charge >= 0.3 is 11.9 Å². The van der Waals surface area contributed by atoms with Gasteiger partial charge in [0.05, 0.1) is 0 Å². The topological polar surface area (TPSA) is 84.9 Å². The first-order chi connectivity index (χ1) is 10.4. The molecular formula is C17H25NO5. The van der Waals surface area contributed by atoms with Gasteiger partial charge in [-0.25, -0.2) is 9.59 Å². The van der Waals surface area contributed by atoms with Gasteiger partial charge in [0.1, 0.15) is 17.0 Å². The van der Waals surface area contributed by atoms with Crippen LogP contribution in [0.3, 0.4) is 0 Å². The first kappa shape index (κ1) is 18.8. The van der Waals surface area contributed by atoms with E-state index in [4.69, 9.17) is 9.47 Å². The summed E-state index contributed by atoms with van der Waals surface area (Å²) in [4.78, 5) is 24.7. The van der Waals surface area contributed by atoms with Gasteiger partial charge in [-0.15, -0.1) is 0 Å². The summed E-state index contributed by atoms with van der Waals surface area (Å²) in [5, 5.41) is 12.3. The monoisotopic (exact) mass is 323 g/mol. The number of rotatable bonds is 4. The van der Waals surface area contributed by atoms with E-state index in [-0.39, 0.29) is 5.75 Å². The molecule has 0 aliphatic heterocycles. The molecule has 1 aromatic rings. The Balaban J connectivity index is 3.00. The number of anilines is 1. The summed E-state index contributed by atoms with van der Waals surface area (Å²) in [7, 11) is 0. The maximum absolute atomic E-state index is 12.3. The van der Waals surface area contributed by atoms with Crippen LogP contribution in [0.2, 0.25) is 0 Å². The number of hydrogen-bond acceptors (Lipinski definition) is 6. The van der Waals surface area contributed by atoms with Crippen LogP contribution in [-0.4, -0.2) is 34.3 Å². The van der Waals surface area contributed by atoms with E-state index in [0.29, 0.717) is 5.69 Å². The van der Waals surface area contributed by atoms with Gasteiger partial charge in [-0.2, -0.15) is 0 Å². The zero-order valence-electron chi connectivity index (χ0n) is 14.5. The molecule has 128 valence electrons. The Morgan fingerprint density at radius 1 is 1.00 bits per heavy atom. The highest BCUT2D eigenvalue weighted by atomic mass is 16.6. The standard InChI is InChI=1S/C17H25NO5/c1-16(2,3)22-14(20)13(15(21)23-17(4,5)6)18-11-8-7-9-12(19)10-11/h7-10,13,18-19H,1-6H3. The number of hydrogen-bond donors (Lipinski definition) is 2. The molecular weight excluding hydrogens is 298 g/mol. The summed E-state index contributed by atoms with van der Waals surface area (Å²) in [6.45, 7) is 10.3. The third kappa shape index (κ3) is 7.04. The summed E-state index contributed by atoms with van der Waals surface area (Å²) < 4.78 is 10.5. The van der Waals surface area contributed by atoms with Gasteiger partial charge in [0, 0.05) is 11.8 Å². The summed E-state index contributed by atoms with van der Waals surface area (Å²) in [5.74, 6) is -1.47. The van der Waals surface area contributed by atoms with E-state index in [2.05, 4.69) is 5.32 Å². The molecule has 0 spiro atoms. The van der Waals surface area contributed by atoms with E-state index in [1.807, 2.05) is 0 Å². The highest BCUT2D eigenvalue weighted by Crippen LogP contribution is 2.19. The Morgan fingerprint density at radius 3 is 1.87 bits per heavy atom. The number of aromatic hydroxyl groups is 1. The predicted octanol–water partition coefficient (Wildman–Crippen LogP) is 2.86. The third-order valence-electron chi connectivity index (χ3n) is 2.44. The van der Waals surface area contributed by atoms with Crippen LogP contribution in [0.25, 0.3) is 0 Å². The van der Waals surface area contributed by atoms with Crippen LogP contribution < -0.4 is 5.32 Å². The van der Waals surface area contributed by atoms with Crippen molar-refractivity contribution in [3.63, 3.8) is 0 Å². The molecule has 0 aliphatic carbocycles. The lowest BCUT2D eigenvalue weighted by Crippen LogP contribution is -2.45. The van der Waals surface area contributed by atoms with Crippen LogP contribution in [0.15, 0.2) is 24.3 Å². The minimum absolute atomic E-state index is 0.0159. The van der Waals surface area contributed by atoms with Gasteiger partial charge in [0.15, 0.2) is 0 Å². The highest BCUT2D eigenvalue weighted by Gasteiger charge is 2.35. The van der Waals surface area contributed by atoms with Gasteiger partial charge in [0.2, 0.25) is 6.04 Å². The lowest BCUT2D eigenvalue weighted by Gasteiger charge is -2.27. The molecule has 0 amide bonds. The Hall–Kier alpha value is -2.24. The van der Waals surface area contributed by atoms with Crippen LogP contribution in [0.5, 0.6) is 5.75 Å². The molecule has 0 aliphatic rings. The smallest absolute Gasteiger partial charge is 0.340 e. The quantitative estimate of drug-likeness (QED) is 0.655. The van der Waals surface area contributed by atoms with E-state index in [1.54, 1.807) is 53.7 Å². The number of esters is 2. The molecule has 0 aromatic heterocycles. The lowest BCUT2D eigenvalue weighted by atomic mass is 10.1. The van der Waals surface area contributed by atoms with E-state index in [1.165, 1.54) is 12.1 Å². The van der Waals surface area contributed by atoms with Crippen molar-refractivity contribution in [2.45, 2.75) is 58.8 Å². The maximum Gasteiger partial charge on any atom is 0.340 e. The molecule has 0 saturated carbocycles. The first-order valence-electron chi connectivity index (χ1n) is 7.39. The van der Waals surface area contributed by atoms with Crippen molar-refractivity contribution in [3.8, 4) is 5.75 Å². The maximum atomic E-state index is 12.3. The van der Waals surface area contributed by atoms with Crippen molar-refractivity contribution in [1.82, 2.24) is 0 Å². The fourth-order valence-electron chi connectivity index (χ4n) is 1.70. The van der Waals surface area contributed by atoms with E-state index >= 15 is 0 Å². The number of carbonyl (C=O) groups excluding carboxylic acids is 2. The number of carbonyl (C=O) groups is 2. The molecule has 0 unspecified atom stereocenters. The predicted molar refractivity (Wildman–Crippen MR) is 87.2 cm³/mol. The van der Waals surface area contributed by atoms with E-state index < -0.39 is 29.2 Å². The Labute approximate surface area is 136 Å². The van der Waals surface area contributed by atoms with Gasteiger partial charge in [-0.05, 0) is 53.7 Å². The van der Waals surface area contributed by atoms with Gasteiger partial charge < -0.3 is 19.9 Å². The van der Waals surface area contributed by atoms with Gasteiger partial charge in [0.25, 0.3) is 0 Å². The van der Waals surface area contributed by atoms with Crippen molar-refractivity contribution >= 4 is 17.6 Å². The van der Waals surface area contributed by atoms with E-state index in [9.17, 15) is 14.7 Å². The number of nitrogens with one attached hydrogen (secondary N) is 1. The average Bonchev–Trinajstić information content (AvgIpc) is 2.31. The second-order valence-corrected chi connectivity index (χ2v) is 7.19. The summed E-state index contributed by atoms with van der Waals surface area (Å²) in [5.41, 5.74) is -1.07. The molecule has 1 aromatic carbocycles. The Bertz CT molecular complexity index is 541. The van der Waals surface area contributed by atoms with Crippen LogP contribution in [0.4, 0.5) is 5.69 Å². The van der Waals surface area contributed by atoms with Gasteiger partial charge in [-0.3, -0.25) is 0 Å². The molecule has 6 nitrogen and oxygen atoms in total. The van der Waals surface area contributed by atoms with Crippen LogP contribution >= 0.6 is 0 Å². The zero-order chi connectivity index (χ0) is 17.8. The molecule has 0 fully saturated rings. The van der Waals surface area contributed by atoms with Crippen molar-refractivity contribution in [2.24, 2.45) is 0 Å². The second kappa shape index (κ2) is 6.89. The first-order valence-corrected chi connectivity index (χ1v) is 7.39. The van der Waals surface area contributed by atoms with Crippen LogP contribution in [-0.2, 0) is 19.1 Å². The summed E-state index contributed by atoms with van der Waals surface area (Å²) >= 11 is 0. The van der Waals surface area contributed by atoms with Crippen LogP contribution in [0.1, 0.15) is 41.5 Å². The molecule has 0 heterocycles. The molecule has 23 heavy (non-hydrogen) atoms. The van der Waals surface area contributed by atoms with Crippen LogP contribution in [0, 0.1) is 0 Å². The third-order valence-corrected chi connectivity index (χ3v) is 2.44. The molecule has 1 rings (SSSR count). The van der Waals surface area contributed by atoms with Crippen molar-refractivity contribution in [3.05, 3.63) is 24.3 Å². The fourth-order valence-corrected chi connectivity index (χ4v) is 1.70. The molecule has 0 bridgehead atoms. The zero-order valence-corrected chi connectivity index (χ0v) is 14.5. The number of phenols is 1. The SMILES string of the molecule is CC(C)(C)OC(=O)C(Nc1cccc(O)c1)C(=O)OC(C)(C)C. The van der Waals surface area contributed by atoms with Crippen molar-refractivity contribution in [2.75, 3.05) is 5.32 Å². The summed E-state index contributed by atoms with van der Waals surface area (Å²) in [6.07, 6.45) is 0. The fraction of sp³-hybridized carbons (Fsp3) is 0.529. The minimum atomic E-state index is -1.32. The normalized spacial score (nSPS) is 12.0. The van der Waals surface area contributed by atoms with Crippen molar-refractivity contribution < 1.29 is 24.2 Å². The second-order valence-electron chi connectivity index (χ2n) is 7.19. The largest absolute Gasteiger partial charge is 0.508 e. The molecule has 0 radical (unpaired) electrons.